The number of aromatic nitrogens is 2. The summed E-state index contributed by atoms with van der Waals surface area (Å²) in [6.45, 7) is 5.29. The van der Waals surface area contributed by atoms with E-state index < -0.39 is 0 Å². The van der Waals surface area contributed by atoms with Crippen LogP contribution in [0.3, 0.4) is 0 Å². The van der Waals surface area contributed by atoms with Crippen LogP contribution in [0.25, 0.3) is 0 Å². The molecule has 0 radical (unpaired) electrons. The fraction of sp³-hybridized carbons (Fsp3) is 0.833. The van der Waals surface area contributed by atoms with Gasteiger partial charge in [-0.3, -0.25) is 0 Å². The van der Waals surface area contributed by atoms with Crippen molar-refractivity contribution >= 4 is 23.5 Å². The van der Waals surface area contributed by atoms with Gasteiger partial charge in [-0.05, 0) is 12.8 Å². The van der Waals surface area contributed by atoms with Gasteiger partial charge in [0.15, 0.2) is 5.82 Å². The smallest absolute Gasteiger partial charge is 0.240 e. The molecular formula is C12H19N3OS2. The minimum absolute atomic E-state index is 0.389. The average molecular weight is 285 g/mol. The highest BCUT2D eigenvalue weighted by molar-refractivity contribution is 8.07. The van der Waals surface area contributed by atoms with Crippen LogP contribution in [0, 0.1) is 0 Å². The molecule has 1 aliphatic heterocycles. The maximum Gasteiger partial charge on any atom is 0.240 e. The van der Waals surface area contributed by atoms with Crippen LogP contribution in [-0.2, 0) is 6.54 Å². The van der Waals surface area contributed by atoms with Crippen LogP contribution in [0.1, 0.15) is 43.7 Å². The molecular weight excluding hydrogens is 266 g/mol. The molecule has 100 valence electrons. The fourth-order valence-electron chi connectivity index (χ4n) is 1.91. The number of hydrogen-bond donors (Lipinski definition) is 1. The lowest BCUT2D eigenvalue weighted by Gasteiger charge is -2.29. The van der Waals surface area contributed by atoms with E-state index in [-0.39, 0.29) is 0 Å². The number of nitrogens with zero attached hydrogens (tertiary/aromatic N) is 2. The average Bonchev–Trinajstić information content (AvgIpc) is 3.08. The topological polar surface area (TPSA) is 51.0 Å². The normalized spacial score (nSPS) is 32.7. The van der Waals surface area contributed by atoms with Crippen molar-refractivity contribution in [3.8, 4) is 0 Å². The van der Waals surface area contributed by atoms with Crippen LogP contribution >= 0.6 is 23.5 Å². The van der Waals surface area contributed by atoms with Gasteiger partial charge in [0.2, 0.25) is 5.89 Å². The van der Waals surface area contributed by atoms with Crippen molar-refractivity contribution in [3.63, 3.8) is 0 Å². The highest BCUT2D eigenvalue weighted by Crippen LogP contribution is 2.43. The Kier molecular flexibility index (Phi) is 3.86. The third kappa shape index (κ3) is 3.03. The van der Waals surface area contributed by atoms with E-state index in [1.165, 1.54) is 12.8 Å². The lowest BCUT2D eigenvalue weighted by atomic mass is 10.3. The van der Waals surface area contributed by atoms with Crippen molar-refractivity contribution in [3.05, 3.63) is 11.7 Å². The predicted octanol–water partition coefficient (Wildman–Crippen LogP) is 2.62. The third-order valence-corrected chi connectivity index (χ3v) is 6.83. The van der Waals surface area contributed by atoms with Crippen LogP contribution in [0.2, 0.25) is 0 Å². The van der Waals surface area contributed by atoms with Crippen LogP contribution in [0.15, 0.2) is 4.52 Å². The van der Waals surface area contributed by atoms with Gasteiger partial charge in [0.05, 0.1) is 11.8 Å². The number of rotatable bonds is 4. The standard InChI is InChI=1S/C12H19N3OS2/c1-7-8(2)18-10(6-17-7)12-14-11(16-15-12)5-13-9-3-4-9/h7-10,13H,3-6H2,1-2H3. The molecule has 3 atom stereocenters. The van der Waals surface area contributed by atoms with Gasteiger partial charge in [0.25, 0.3) is 0 Å². The molecule has 1 saturated heterocycles. The summed E-state index contributed by atoms with van der Waals surface area (Å²) in [5.41, 5.74) is 0. The van der Waals surface area contributed by atoms with Gasteiger partial charge in [-0.25, -0.2) is 0 Å². The zero-order valence-electron chi connectivity index (χ0n) is 10.8. The first-order valence-electron chi connectivity index (χ1n) is 6.55. The molecule has 1 aliphatic carbocycles. The van der Waals surface area contributed by atoms with Gasteiger partial charge in [0.1, 0.15) is 0 Å². The molecule has 1 N–H and O–H groups in total. The Hall–Kier alpha value is -0.200. The molecule has 0 aromatic carbocycles. The van der Waals surface area contributed by atoms with Crippen molar-refractivity contribution in [1.82, 2.24) is 15.5 Å². The van der Waals surface area contributed by atoms with E-state index >= 15 is 0 Å². The second-order valence-electron chi connectivity index (χ2n) is 5.07. The van der Waals surface area contributed by atoms with Gasteiger partial charge < -0.3 is 9.84 Å². The largest absolute Gasteiger partial charge is 0.338 e. The Morgan fingerprint density at radius 3 is 2.89 bits per heavy atom. The Morgan fingerprint density at radius 1 is 1.33 bits per heavy atom. The van der Waals surface area contributed by atoms with Crippen LogP contribution in [0.5, 0.6) is 0 Å². The number of thioether (sulfide) groups is 2. The minimum Gasteiger partial charge on any atom is -0.338 e. The second-order valence-corrected chi connectivity index (χ2v) is 8.06. The summed E-state index contributed by atoms with van der Waals surface area (Å²) in [6.07, 6.45) is 2.57. The molecule has 0 spiro atoms. The zero-order chi connectivity index (χ0) is 12.5. The first kappa shape index (κ1) is 12.8. The van der Waals surface area contributed by atoms with E-state index in [4.69, 9.17) is 4.52 Å². The quantitative estimate of drug-likeness (QED) is 0.918. The Balaban J connectivity index is 1.58. The second kappa shape index (κ2) is 5.43. The van der Waals surface area contributed by atoms with E-state index in [0.717, 1.165) is 17.5 Å². The summed E-state index contributed by atoms with van der Waals surface area (Å²) in [7, 11) is 0. The summed E-state index contributed by atoms with van der Waals surface area (Å²) < 4.78 is 5.31. The monoisotopic (exact) mass is 285 g/mol. The van der Waals surface area contributed by atoms with E-state index in [9.17, 15) is 0 Å². The molecule has 3 unspecified atom stereocenters. The Bertz CT molecular complexity index is 408. The van der Waals surface area contributed by atoms with E-state index in [2.05, 4.69) is 29.3 Å². The fourth-order valence-corrected chi connectivity index (χ4v) is 4.74. The van der Waals surface area contributed by atoms with E-state index in [0.29, 0.717) is 28.3 Å². The Morgan fingerprint density at radius 2 is 2.17 bits per heavy atom. The van der Waals surface area contributed by atoms with Crippen molar-refractivity contribution in [2.45, 2.75) is 55.0 Å². The van der Waals surface area contributed by atoms with Crippen LogP contribution in [-0.4, -0.2) is 32.4 Å². The highest BCUT2D eigenvalue weighted by atomic mass is 32.2. The molecule has 0 amide bonds. The SMILES string of the molecule is CC1SCC(c2noc(CNC3CC3)n2)SC1C. The first-order chi connectivity index (χ1) is 8.72. The van der Waals surface area contributed by atoms with Crippen LogP contribution < -0.4 is 5.32 Å². The van der Waals surface area contributed by atoms with Crippen LogP contribution in [0.4, 0.5) is 0 Å². The van der Waals surface area contributed by atoms with Crippen molar-refractivity contribution in [1.29, 1.82) is 0 Å². The lowest BCUT2D eigenvalue weighted by Crippen LogP contribution is -2.22. The van der Waals surface area contributed by atoms with Gasteiger partial charge >= 0.3 is 0 Å². The van der Waals surface area contributed by atoms with E-state index in [1.54, 1.807) is 0 Å². The number of hydrogen-bond acceptors (Lipinski definition) is 6. The van der Waals surface area contributed by atoms with Gasteiger partial charge in [-0.15, -0.1) is 11.8 Å². The van der Waals surface area contributed by atoms with Gasteiger partial charge in [0, 0.05) is 22.3 Å². The van der Waals surface area contributed by atoms with Crippen molar-refractivity contribution in [2.75, 3.05) is 5.75 Å². The molecule has 1 saturated carbocycles. The first-order valence-corrected chi connectivity index (χ1v) is 8.54. The van der Waals surface area contributed by atoms with Crippen molar-refractivity contribution in [2.24, 2.45) is 0 Å². The third-order valence-electron chi connectivity index (χ3n) is 3.44. The molecule has 0 bridgehead atoms. The summed E-state index contributed by atoms with van der Waals surface area (Å²) in [6, 6.07) is 0.681. The van der Waals surface area contributed by atoms with Gasteiger partial charge in [-0.2, -0.15) is 16.7 Å². The van der Waals surface area contributed by atoms with Crippen molar-refractivity contribution < 1.29 is 4.52 Å². The summed E-state index contributed by atoms with van der Waals surface area (Å²) in [5.74, 6) is 2.69. The number of nitrogens with one attached hydrogen (secondary N) is 1. The highest BCUT2D eigenvalue weighted by Gasteiger charge is 2.30. The predicted molar refractivity (Wildman–Crippen MR) is 75.9 cm³/mol. The molecule has 6 heteroatoms. The Labute approximate surface area is 116 Å². The summed E-state index contributed by atoms with van der Waals surface area (Å²) in [5, 5.41) is 9.29. The lowest BCUT2D eigenvalue weighted by molar-refractivity contribution is 0.362. The molecule has 2 heterocycles. The molecule has 1 aromatic rings. The zero-order valence-corrected chi connectivity index (χ0v) is 12.4. The molecule has 2 fully saturated rings. The minimum atomic E-state index is 0.389. The molecule has 18 heavy (non-hydrogen) atoms. The molecule has 1 aromatic heterocycles. The maximum absolute atomic E-state index is 5.31. The molecule has 3 rings (SSSR count). The summed E-state index contributed by atoms with van der Waals surface area (Å²) >= 11 is 3.98. The molecule has 4 nitrogen and oxygen atoms in total. The maximum atomic E-state index is 5.31. The van der Waals surface area contributed by atoms with E-state index in [1.807, 2.05) is 23.5 Å². The molecule has 2 aliphatic rings. The summed E-state index contributed by atoms with van der Waals surface area (Å²) in [4.78, 5) is 4.52. The van der Waals surface area contributed by atoms with Gasteiger partial charge in [-0.1, -0.05) is 19.0 Å².